The first kappa shape index (κ1) is 17.6. The Morgan fingerprint density at radius 3 is 2.67 bits per heavy atom. The topological polar surface area (TPSA) is 59.5 Å². The van der Waals surface area contributed by atoms with Gasteiger partial charge in [0.1, 0.15) is 5.01 Å². The average molecular weight is 312 g/mol. The first-order valence-electron chi connectivity index (χ1n) is 7.40. The number of hydrogen-bond donors (Lipinski definition) is 0. The third-order valence-corrected chi connectivity index (χ3v) is 3.86. The van der Waals surface area contributed by atoms with Crippen LogP contribution in [0.4, 0.5) is 0 Å². The van der Waals surface area contributed by atoms with Crippen LogP contribution < -0.4 is 0 Å². The lowest BCUT2D eigenvalue weighted by Gasteiger charge is -2.25. The van der Waals surface area contributed by atoms with E-state index in [-0.39, 0.29) is 11.9 Å². The summed E-state index contributed by atoms with van der Waals surface area (Å²) in [6.07, 6.45) is 2.46. The highest BCUT2D eigenvalue weighted by atomic mass is 32.1. The predicted octanol–water partition coefficient (Wildman–Crippen LogP) is 3.25. The molecule has 5 nitrogen and oxygen atoms in total. The van der Waals surface area contributed by atoms with E-state index >= 15 is 0 Å². The highest BCUT2D eigenvalue weighted by Gasteiger charge is 2.19. The normalized spacial score (nSPS) is 10.7. The fraction of sp³-hybridized carbons (Fsp3) is 0.667. The third-order valence-electron chi connectivity index (χ3n) is 3.03. The summed E-state index contributed by atoms with van der Waals surface area (Å²) in [5, 5.41) is 2.44. The van der Waals surface area contributed by atoms with E-state index in [9.17, 15) is 9.59 Å². The van der Waals surface area contributed by atoms with Crippen molar-refractivity contribution in [2.75, 3.05) is 6.61 Å². The minimum absolute atomic E-state index is 0.115. The van der Waals surface area contributed by atoms with Gasteiger partial charge in [-0.05, 0) is 27.2 Å². The molecule has 0 aliphatic heterocycles. The highest BCUT2D eigenvalue weighted by Crippen LogP contribution is 2.16. The second-order valence-electron chi connectivity index (χ2n) is 5.07. The van der Waals surface area contributed by atoms with Crippen LogP contribution in [0.2, 0.25) is 0 Å². The standard InChI is InChI=1S/C15H24N2O3S/c1-5-7-8-14(18)17(11(3)4)9-13-16-12(10-21-13)15(19)20-6-2/h10-11H,5-9H2,1-4H3. The Balaban J connectivity index is 2.71. The van der Waals surface area contributed by atoms with Crippen LogP contribution in [0.1, 0.15) is 62.5 Å². The SMILES string of the molecule is CCCCC(=O)N(Cc1nc(C(=O)OCC)cs1)C(C)C. The van der Waals surface area contributed by atoms with Gasteiger partial charge in [0.05, 0.1) is 13.2 Å². The fourth-order valence-electron chi connectivity index (χ4n) is 1.86. The minimum atomic E-state index is -0.409. The number of aromatic nitrogens is 1. The molecule has 1 aromatic rings. The molecule has 1 amide bonds. The Bertz CT molecular complexity index is 471. The van der Waals surface area contributed by atoms with Gasteiger partial charge in [-0.25, -0.2) is 9.78 Å². The zero-order valence-corrected chi connectivity index (χ0v) is 14.0. The van der Waals surface area contributed by atoms with Crippen LogP contribution >= 0.6 is 11.3 Å². The summed E-state index contributed by atoms with van der Waals surface area (Å²) < 4.78 is 4.92. The molecule has 0 radical (unpaired) electrons. The summed E-state index contributed by atoms with van der Waals surface area (Å²) in [5.74, 6) is -0.270. The van der Waals surface area contributed by atoms with Crippen molar-refractivity contribution in [3.63, 3.8) is 0 Å². The molecule has 0 aliphatic carbocycles. The number of unbranched alkanes of at least 4 members (excludes halogenated alkanes) is 1. The number of hydrogen-bond acceptors (Lipinski definition) is 5. The van der Waals surface area contributed by atoms with E-state index in [4.69, 9.17) is 4.74 Å². The van der Waals surface area contributed by atoms with E-state index in [0.29, 0.717) is 25.3 Å². The average Bonchev–Trinajstić information content (AvgIpc) is 2.90. The van der Waals surface area contributed by atoms with Crippen molar-refractivity contribution in [3.05, 3.63) is 16.1 Å². The van der Waals surface area contributed by atoms with E-state index in [1.54, 1.807) is 12.3 Å². The van der Waals surface area contributed by atoms with Gasteiger partial charge in [0.25, 0.3) is 0 Å². The van der Waals surface area contributed by atoms with Gasteiger partial charge in [-0.3, -0.25) is 4.79 Å². The largest absolute Gasteiger partial charge is 0.461 e. The summed E-state index contributed by atoms with van der Waals surface area (Å²) in [5.41, 5.74) is 0.321. The van der Waals surface area contributed by atoms with E-state index in [0.717, 1.165) is 17.8 Å². The van der Waals surface area contributed by atoms with Gasteiger partial charge in [-0.15, -0.1) is 11.3 Å². The number of thiazole rings is 1. The molecule has 0 bridgehead atoms. The van der Waals surface area contributed by atoms with E-state index < -0.39 is 5.97 Å². The molecule has 0 spiro atoms. The van der Waals surface area contributed by atoms with Gasteiger partial charge in [0.15, 0.2) is 5.69 Å². The van der Waals surface area contributed by atoms with Crippen molar-refractivity contribution >= 4 is 23.2 Å². The molecule has 1 aromatic heterocycles. The summed E-state index contributed by atoms with van der Waals surface area (Å²) in [7, 11) is 0. The zero-order chi connectivity index (χ0) is 15.8. The summed E-state index contributed by atoms with van der Waals surface area (Å²) in [6, 6.07) is 0.115. The van der Waals surface area contributed by atoms with Gasteiger partial charge >= 0.3 is 5.97 Å². The van der Waals surface area contributed by atoms with Crippen molar-refractivity contribution in [1.29, 1.82) is 0 Å². The maximum absolute atomic E-state index is 12.2. The molecule has 0 aliphatic rings. The predicted molar refractivity (Wildman–Crippen MR) is 83.3 cm³/mol. The van der Waals surface area contributed by atoms with Crippen molar-refractivity contribution in [2.45, 2.75) is 59.5 Å². The van der Waals surface area contributed by atoms with Gasteiger partial charge in [0.2, 0.25) is 5.91 Å². The quantitative estimate of drug-likeness (QED) is 0.691. The second-order valence-corrected chi connectivity index (χ2v) is 6.01. The molecule has 0 aromatic carbocycles. The molecule has 0 fully saturated rings. The maximum Gasteiger partial charge on any atom is 0.357 e. The maximum atomic E-state index is 12.2. The van der Waals surface area contributed by atoms with Gasteiger partial charge in [0, 0.05) is 17.8 Å². The number of esters is 1. The van der Waals surface area contributed by atoms with Crippen molar-refractivity contribution in [1.82, 2.24) is 9.88 Å². The van der Waals surface area contributed by atoms with Gasteiger partial charge in [-0.2, -0.15) is 0 Å². The lowest BCUT2D eigenvalue weighted by Crippen LogP contribution is -2.36. The molecule has 6 heteroatoms. The number of ether oxygens (including phenoxy) is 1. The molecule has 21 heavy (non-hydrogen) atoms. The monoisotopic (exact) mass is 312 g/mol. The van der Waals surface area contributed by atoms with Gasteiger partial charge < -0.3 is 9.64 Å². The molecule has 1 heterocycles. The Morgan fingerprint density at radius 1 is 1.38 bits per heavy atom. The first-order chi connectivity index (χ1) is 9.99. The Labute approximate surface area is 130 Å². The lowest BCUT2D eigenvalue weighted by molar-refractivity contribution is -0.133. The number of nitrogens with zero attached hydrogens (tertiary/aromatic N) is 2. The van der Waals surface area contributed by atoms with Crippen LogP contribution in [0, 0.1) is 0 Å². The Hall–Kier alpha value is -1.43. The van der Waals surface area contributed by atoms with Crippen molar-refractivity contribution in [3.8, 4) is 0 Å². The summed E-state index contributed by atoms with van der Waals surface area (Å²) in [6.45, 7) is 8.59. The van der Waals surface area contributed by atoms with Crippen LogP contribution in [0.3, 0.4) is 0 Å². The number of carbonyl (C=O) groups is 2. The number of amides is 1. The molecule has 0 saturated heterocycles. The van der Waals surface area contributed by atoms with E-state index in [2.05, 4.69) is 11.9 Å². The van der Waals surface area contributed by atoms with E-state index in [1.165, 1.54) is 11.3 Å². The zero-order valence-electron chi connectivity index (χ0n) is 13.2. The summed E-state index contributed by atoms with van der Waals surface area (Å²) in [4.78, 5) is 29.9. The third kappa shape index (κ3) is 5.46. The van der Waals surface area contributed by atoms with Crippen molar-refractivity contribution < 1.29 is 14.3 Å². The minimum Gasteiger partial charge on any atom is -0.461 e. The lowest BCUT2D eigenvalue weighted by atomic mass is 10.2. The second kappa shape index (κ2) is 8.77. The summed E-state index contributed by atoms with van der Waals surface area (Å²) >= 11 is 1.38. The Kier molecular flexibility index (Phi) is 7.36. The number of carbonyl (C=O) groups excluding carboxylic acids is 2. The molecular formula is C15H24N2O3S. The van der Waals surface area contributed by atoms with Gasteiger partial charge in [-0.1, -0.05) is 13.3 Å². The highest BCUT2D eigenvalue weighted by molar-refractivity contribution is 7.09. The Morgan fingerprint density at radius 2 is 2.10 bits per heavy atom. The van der Waals surface area contributed by atoms with Crippen LogP contribution in [0.5, 0.6) is 0 Å². The van der Waals surface area contributed by atoms with Crippen LogP contribution in [-0.2, 0) is 16.1 Å². The van der Waals surface area contributed by atoms with E-state index in [1.807, 2.05) is 18.7 Å². The fourth-order valence-corrected chi connectivity index (χ4v) is 2.62. The van der Waals surface area contributed by atoms with Crippen LogP contribution in [0.25, 0.3) is 0 Å². The molecular weight excluding hydrogens is 288 g/mol. The van der Waals surface area contributed by atoms with Crippen LogP contribution in [0.15, 0.2) is 5.38 Å². The molecule has 0 unspecified atom stereocenters. The molecule has 118 valence electrons. The first-order valence-corrected chi connectivity index (χ1v) is 8.28. The molecule has 0 atom stereocenters. The van der Waals surface area contributed by atoms with Crippen molar-refractivity contribution in [2.24, 2.45) is 0 Å². The molecule has 0 saturated carbocycles. The molecule has 1 rings (SSSR count). The number of rotatable bonds is 8. The van der Waals surface area contributed by atoms with Crippen LogP contribution in [-0.4, -0.2) is 34.4 Å². The molecule has 0 N–H and O–H groups in total. The smallest absolute Gasteiger partial charge is 0.357 e.